The molecule has 0 unspecified atom stereocenters. The van der Waals surface area contributed by atoms with E-state index in [1.807, 2.05) is 104 Å². The van der Waals surface area contributed by atoms with Crippen LogP contribution in [-0.2, 0) is 22.7 Å². The van der Waals surface area contributed by atoms with Crippen molar-refractivity contribution in [2.24, 2.45) is 0 Å². The molecule has 0 saturated heterocycles. The second-order valence-corrected chi connectivity index (χ2v) is 9.22. The van der Waals surface area contributed by atoms with Gasteiger partial charge in [0.2, 0.25) is 11.8 Å². The predicted octanol–water partition coefficient (Wildman–Crippen LogP) is 4.84. The number of carbonyl (C=O) groups is 2. The molecule has 5 aromatic rings. The number of aromatic nitrogens is 3. The van der Waals surface area contributed by atoms with Gasteiger partial charge in [-0.1, -0.05) is 77.5 Å². The molecule has 0 radical (unpaired) electrons. The third kappa shape index (κ3) is 5.80. The van der Waals surface area contributed by atoms with Crippen molar-refractivity contribution in [3.8, 4) is 5.75 Å². The maximum Gasteiger partial charge on any atom is 0.249 e. The van der Waals surface area contributed by atoms with Crippen LogP contribution in [0, 0.1) is 6.92 Å². The molecule has 2 amide bonds. The van der Waals surface area contributed by atoms with Crippen LogP contribution in [0.1, 0.15) is 22.7 Å². The number of hydrogen-bond donors (Lipinski definition) is 1. The number of fused-ring (bicyclic) bond motifs is 1. The van der Waals surface area contributed by atoms with E-state index in [1.165, 1.54) is 4.90 Å². The first-order chi connectivity index (χ1) is 19.0. The molecular formula is C31H29N5O3. The SMILES string of the molecule is COc1cccc([C@H](C(=O)NCc2ccccc2)N(C(=O)Cn2nnc3ccccc32)c2ccc(C)cc2)c1. The summed E-state index contributed by atoms with van der Waals surface area (Å²) in [5, 5.41) is 11.4. The standard InChI is InChI=1S/C31H29N5O3/c1-22-15-17-25(18-16-22)36(29(37)21-35-28-14-7-6-13-27(28)33-34-35)30(24-11-8-12-26(19-24)39-2)31(38)32-20-23-9-4-3-5-10-23/h3-19,30H,20-21H2,1-2H3,(H,32,38)/t30-/m1/s1. The van der Waals surface area contributed by atoms with E-state index in [4.69, 9.17) is 4.74 Å². The van der Waals surface area contributed by atoms with Crippen LogP contribution in [-0.4, -0.2) is 33.9 Å². The molecule has 4 aromatic carbocycles. The third-order valence-corrected chi connectivity index (χ3v) is 6.51. The summed E-state index contributed by atoms with van der Waals surface area (Å²) in [6.45, 7) is 2.20. The fourth-order valence-corrected chi connectivity index (χ4v) is 4.49. The smallest absolute Gasteiger partial charge is 0.249 e. The monoisotopic (exact) mass is 519 g/mol. The first kappa shape index (κ1) is 25.7. The molecule has 0 aliphatic heterocycles. The van der Waals surface area contributed by atoms with Gasteiger partial charge in [0.15, 0.2) is 0 Å². The first-order valence-corrected chi connectivity index (χ1v) is 12.7. The zero-order valence-electron chi connectivity index (χ0n) is 21.8. The molecule has 0 saturated carbocycles. The molecule has 1 heterocycles. The average molecular weight is 520 g/mol. The quantitative estimate of drug-likeness (QED) is 0.301. The van der Waals surface area contributed by atoms with E-state index in [1.54, 1.807) is 17.9 Å². The highest BCUT2D eigenvalue weighted by Crippen LogP contribution is 2.31. The number of ether oxygens (including phenoxy) is 1. The van der Waals surface area contributed by atoms with Crippen LogP contribution in [0.2, 0.25) is 0 Å². The summed E-state index contributed by atoms with van der Waals surface area (Å²) in [4.78, 5) is 29.6. The summed E-state index contributed by atoms with van der Waals surface area (Å²) in [7, 11) is 1.57. The Morgan fingerprint density at radius 2 is 1.67 bits per heavy atom. The fourth-order valence-electron chi connectivity index (χ4n) is 4.49. The van der Waals surface area contributed by atoms with Crippen LogP contribution in [0.3, 0.4) is 0 Å². The zero-order chi connectivity index (χ0) is 27.2. The van der Waals surface area contributed by atoms with E-state index in [0.29, 0.717) is 29.1 Å². The molecule has 1 atom stereocenters. The molecule has 0 bridgehead atoms. The second kappa shape index (κ2) is 11.6. The van der Waals surface area contributed by atoms with Gasteiger partial charge in [-0.2, -0.15) is 0 Å². The topological polar surface area (TPSA) is 89.4 Å². The molecule has 8 heteroatoms. The Labute approximate surface area is 226 Å². The van der Waals surface area contributed by atoms with Crippen molar-refractivity contribution in [3.05, 3.63) is 120 Å². The lowest BCUT2D eigenvalue weighted by Gasteiger charge is -2.32. The Hall–Kier alpha value is -4.98. The highest BCUT2D eigenvalue weighted by molar-refractivity contribution is 6.01. The summed E-state index contributed by atoms with van der Waals surface area (Å²) in [6, 6.07) is 30.9. The van der Waals surface area contributed by atoms with E-state index in [9.17, 15) is 9.59 Å². The maximum absolute atomic E-state index is 14.1. The summed E-state index contributed by atoms with van der Waals surface area (Å²) < 4.78 is 7.01. The Bertz CT molecular complexity index is 1580. The molecule has 0 aliphatic carbocycles. The van der Waals surface area contributed by atoms with Gasteiger partial charge in [0.1, 0.15) is 23.9 Å². The first-order valence-electron chi connectivity index (χ1n) is 12.7. The second-order valence-electron chi connectivity index (χ2n) is 9.22. The fraction of sp³-hybridized carbons (Fsp3) is 0.161. The molecule has 1 N–H and O–H groups in total. The van der Waals surface area contributed by atoms with E-state index >= 15 is 0 Å². The Balaban J connectivity index is 1.56. The predicted molar refractivity (Wildman–Crippen MR) is 150 cm³/mol. The molecule has 8 nitrogen and oxygen atoms in total. The summed E-state index contributed by atoms with van der Waals surface area (Å²) in [5.74, 6) is -0.0337. The molecule has 0 aliphatic rings. The van der Waals surface area contributed by atoms with Crippen LogP contribution in [0.5, 0.6) is 5.75 Å². The van der Waals surface area contributed by atoms with Crippen molar-refractivity contribution in [1.29, 1.82) is 0 Å². The number of para-hydroxylation sites is 1. The lowest BCUT2D eigenvalue weighted by Crippen LogP contribution is -2.45. The van der Waals surface area contributed by atoms with Gasteiger partial charge in [-0.05, 0) is 54.4 Å². The molecule has 196 valence electrons. The van der Waals surface area contributed by atoms with E-state index in [-0.39, 0.29) is 18.4 Å². The molecule has 0 spiro atoms. The molecule has 5 rings (SSSR count). The van der Waals surface area contributed by atoms with Crippen molar-refractivity contribution >= 4 is 28.5 Å². The van der Waals surface area contributed by atoms with Crippen LogP contribution in [0.15, 0.2) is 103 Å². The van der Waals surface area contributed by atoms with Crippen molar-refractivity contribution in [2.75, 3.05) is 12.0 Å². The normalized spacial score (nSPS) is 11.6. The van der Waals surface area contributed by atoms with Crippen LogP contribution in [0.4, 0.5) is 5.69 Å². The van der Waals surface area contributed by atoms with Crippen LogP contribution >= 0.6 is 0 Å². The molecule has 1 aromatic heterocycles. The van der Waals surface area contributed by atoms with Crippen molar-refractivity contribution in [2.45, 2.75) is 26.1 Å². The summed E-state index contributed by atoms with van der Waals surface area (Å²) >= 11 is 0. The summed E-state index contributed by atoms with van der Waals surface area (Å²) in [5.41, 5.74) is 4.64. The lowest BCUT2D eigenvalue weighted by molar-refractivity contribution is -0.127. The molecular weight excluding hydrogens is 490 g/mol. The minimum absolute atomic E-state index is 0.0964. The number of nitrogens with zero attached hydrogens (tertiary/aromatic N) is 4. The average Bonchev–Trinajstić information content (AvgIpc) is 3.38. The van der Waals surface area contributed by atoms with Crippen molar-refractivity contribution in [1.82, 2.24) is 20.3 Å². The van der Waals surface area contributed by atoms with Crippen LogP contribution in [0.25, 0.3) is 11.0 Å². The Morgan fingerprint density at radius 1 is 0.923 bits per heavy atom. The van der Waals surface area contributed by atoms with Crippen molar-refractivity contribution in [3.63, 3.8) is 0 Å². The minimum Gasteiger partial charge on any atom is -0.497 e. The number of hydrogen-bond acceptors (Lipinski definition) is 5. The lowest BCUT2D eigenvalue weighted by atomic mass is 10.0. The summed E-state index contributed by atoms with van der Waals surface area (Å²) in [6.07, 6.45) is 0. The van der Waals surface area contributed by atoms with Gasteiger partial charge in [-0.15, -0.1) is 5.10 Å². The van der Waals surface area contributed by atoms with Gasteiger partial charge < -0.3 is 10.1 Å². The van der Waals surface area contributed by atoms with Gasteiger partial charge in [-0.25, -0.2) is 4.68 Å². The number of aryl methyl sites for hydroxylation is 1. The number of nitrogens with one attached hydrogen (secondary N) is 1. The number of carbonyl (C=O) groups excluding carboxylic acids is 2. The highest BCUT2D eigenvalue weighted by Gasteiger charge is 2.33. The van der Waals surface area contributed by atoms with Crippen LogP contribution < -0.4 is 15.0 Å². The number of benzene rings is 4. The van der Waals surface area contributed by atoms with Gasteiger partial charge in [-0.3, -0.25) is 14.5 Å². The number of methoxy groups -OCH3 is 1. The number of amides is 2. The minimum atomic E-state index is -0.964. The Kier molecular flexibility index (Phi) is 7.63. The van der Waals surface area contributed by atoms with E-state index in [0.717, 1.165) is 16.6 Å². The van der Waals surface area contributed by atoms with E-state index < -0.39 is 6.04 Å². The zero-order valence-corrected chi connectivity index (χ0v) is 21.8. The highest BCUT2D eigenvalue weighted by atomic mass is 16.5. The Morgan fingerprint density at radius 3 is 2.44 bits per heavy atom. The number of anilines is 1. The van der Waals surface area contributed by atoms with Gasteiger partial charge in [0.25, 0.3) is 0 Å². The van der Waals surface area contributed by atoms with Gasteiger partial charge >= 0.3 is 0 Å². The third-order valence-electron chi connectivity index (χ3n) is 6.51. The molecule has 0 fully saturated rings. The maximum atomic E-state index is 14.1. The largest absolute Gasteiger partial charge is 0.497 e. The van der Waals surface area contributed by atoms with Gasteiger partial charge in [0, 0.05) is 12.2 Å². The molecule has 39 heavy (non-hydrogen) atoms. The number of rotatable bonds is 9. The van der Waals surface area contributed by atoms with E-state index in [2.05, 4.69) is 15.6 Å². The van der Waals surface area contributed by atoms with Gasteiger partial charge in [0.05, 0.1) is 12.6 Å². The van der Waals surface area contributed by atoms with Crippen molar-refractivity contribution < 1.29 is 14.3 Å².